The number of carbonyl (C=O) groups is 1. The van der Waals surface area contributed by atoms with Gasteiger partial charge in [0, 0.05) is 28.2 Å². The lowest BCUT2D eigenvalue weighted by Gasteiger charge is -2.32. The van der Waals surface area contributed by atoms with Crippen LogP contribution in [0.4, 0.5) is 4.39 Å². The first kappa shape index (κ1) is 16.3. The fourth-order valence-electron chi connectivity index (χ4n) is 3.85. The van der Waals surface area contributed by atoms with Crippen molar-refractivity contribution in [3.63, 3.8) is 0 Å². The van der Waals surface area contributed by atoms with Gasteiger partial charge in [-0.3, -0.25) is 4.79 Å². The van der Waals surface area contributed by atoms with Crippen LogP contribution in [0.25, 0.3) is 10.1 Å². The molecule has 25 heavy (non-hydrogen) atoms. The first-order valence-corrected chi connectivity index (χ1v) is 9.48. The molecule has 1 aromatic heterocycles. The predicted octanol–water partition coefficient (Wildman–Crippen LogP) is 5.37. The third-order valence-corrected chi connectivity index (χ3v) is 6.17. The van der Waals surface area contributed by atoms with Gasteiger partial charge in [0.15, 0.2) is 0 Å². The number of amides is 1. The Morgan fingerprint density at radius 3 is 2.56 bits per heavy atom. The van der Waals surface area contributed by atoms with Gasteiger partial charge in [0.1, 0.15) is 5.82 Å². The highest BCUT2D eigenvalue weighted by Gasteiger charge is 2.27. The summed E-state index contributed by atoms with van der Waals surface area (Å²) in [5.74, 6) is 0.385. The molecular weight excluding hydrogens is 333 g/mol. The molecule has 1 aliphatic rings. The van der Waals surface area contributed by atoms with Crippen molar-refractivity contribution in [2.24, 2.45) is 0 Å². The molecule has 1 aliphatic heterocycles. The van der Waals surface area contributed by atoms with Crippen LogP contribution in [0.1, 0.15) is 39.6 Å². The molecule has 4 heteroatoms. The van der Waals surface area contributed by atoms with Gasteiger partial charge in [-0.25, -0.2) is 4.39 Å². The average Bonchev–Trinajstić information content (AvgIpc) is 2.97. The molecule has 0 saturated carbocycles. The number of aryl methyl sites for hydroxylation is 1. The molecule has 0 atom stereocenters. The van der Waals surface area contributed by atoms with Crippen molar-refractivity contribution in [2.45, 2.75) is 25.7 Å². The van der Waals surface area contributed by atoms with Gasteiger partial charge >= 0.3 is 0 Å². The number of nitrogens with zero attached hydrogens (tertiary/aromatic N) is 1. The molecule has 0 bridgehead atoms. The molecule has 128 valence electrons. The summed E-state index contributed by atoms with van der Waals surface area (Å²) < 4.78 is 14.5. The van der Waals surface area contributed by atoms with Crippen LogP contribution >= 0.6 is 11.3 Å². The fourth-order valence-corrected chi connectivity index (χ4v) is 5.03. The third-order valence-electron chi connectivity index (χ3n) is 5.09. The van der Waals surface area contributed by atoms with E-state index in [2.05, 4.69) is 6.92 Å². The SMILES string of the molecule is Cc1sc2cc(F)ccc2c1C1CCN(C(=O)c2ccccc2)CC1. The average molecular weight is 353 g/mol. The number of fused-ring (bicyclic) bond motifs is 1. The Morgan fingerprint density at radius 2 is 1.84 bits per heavy atom. The first-order valence-electron chi connectivity index (χ1n) is 8.66. The summed E-state index contributed by atoms with van der Waals surface area (Å²) in [6.07, 6.45) is 1.92. The van der Waals surface area contributed by atoms with Crippen molar-refractivity contribution < 1.29 is 9.18 Å². The lowest BCUT2D eigenvalue weighted by molar-refractivity contribution is 0.0713. The highest BCUT2D eigenvalue weighted by molar-refractivity contribution is 7.19. The number of likely N-dealkylation sites (tertiary alicyclic amines) is 1. The van der Waals surface area contributed by atoms with E-state index in [-0.39, 0.29) is 11.7 Å². The van der Waals surface area contributed by atoms with E-state index in [0.717, 1.165) is 36.2 Å². The summed E-state index contributed by atoms with van der Waals surface area (Å²) >= 11 is 1.67. The molecular formula is C21H20FNOS. The third kappa shape index (κ3) is 3.07. The number of piperidine rings is 1. The monoisotopic (exact) mass is 353 g/mol. The number of carbonyl (C=O) groups excluding carboxylic acids is 1. The molecule has 2 heterocycles. The zero-order valence-electron chi connectivity index (χ0n) is 14.2. The van der Waals surface area contributed by atoms with Gasteiger partial charge in [0.25, 0.3) is 5.91 Å². The summed E-state index contributed by atoms with van der Waals surface area (Å²) in [6, 6.07) is 14.6. The molecule has 0 spiro atoms. The van der Waals surface area contributed by atoms with Crippen LogP contribution in [-0.2, 0) is 0 Å². The Bertz CT molecular complexity index is 910. The Kier molecular flexibility index (Phi) is 4.30. The number of benzene rings is 2. The molecule has 0 radical (unpaired) electrons. The second-order valence-electron chi connectivity index (χ2n) is 6.64. The summed E-state index contributed by atoms with van der Waals surface area (Å²) in [5.41, 5.74) is 2.11. The highest BCUT2D eigenvalue weighted by Crippen LogP contribution is 2.40. The van der Waals surface area contributed by atoms with Gasteiger partial charge in [-0.2, -0.15) is 0 Å². The van der Waals surface area contributed by atoms with E-state index in [0.29, 0.717) is 5.92 Å². The molecule has 1 amide bonds. The van der Waals surface area contributed by atoms with E-state index in [4.69, 9.17) is 0 Å². The lowest BCUT2D eigenvalue weighted by atomic mass is 9.87. The van der Waals surface area contributed by atoms with Gasteiger partial charge in [-0.1, -0.05) is 24.3 Å². The number of rotatable bonds is 2. The maximum absolute atomic E-state index is 13.5. The summed E-state index contributed by atoms with van der Waals surface area (Å²) in [7, 11) is 0. The number of hydrogen-bond donors (Lipinski definition) is 0. The van der Waals surface area contributed by atoms with Crippen molar-refractivity contribution >= 4 is 27.3 Å². The van der Waals surface area contributed by atoms with Crippen molar-refractivity contribution in [3.8, 4) is 0 Å². The maximum atomic E-state index is 13.5. The van der Waals surface area contributed by atoms with Crippen LogP contribution in [0.5, 0.6) is 0 Å². The maximum Gasteiger partial charge on any atom is 0.253 e. The van der Waals surface area contributed by atoms with Gasteiger partial charge < -0.3 is 4.90 Å². The molecule has 1 fully saturated rings. The molecule has 2 aromatic carbocycles. The van der Waals surface area contributed by atoms with Gasteiger partial charge in [0.2, 0.25) is 0 Å². The second kappa shape index (κ2) is 6.60. The van der Waals surface area contributed by atoms with E-state index in [1.807, 2.05) is 41.3 Å². The summed E-state index contributed by atoms with van der Waals surface area (Å²) in [4.78, 5) is 15.8. The standard InChI is InChI=1S/C21H20FNOS/c1-14-20(18-8-7-17(22)13-19(18)25-14)15-9-11-23(12-10-15)21(24)16-5-3-2-4-6-16/h2-8,13,15H,9-12H2,1H3. The van der Waals surface area contributed by atoms with Crippen molar-refractivity contribution in [2.75, 3.05) is 13.1 Å². The van der Waals surface area contributed by atoms with E-state index < -0.39 is 0 Å². The minimum atomic E-state index is -0.177. The Labute approximate surface area is 150 Å². The largest absolute Gasteiger partial charge is 0.339 e. The first-order chi connectivity index (χ1) is 12.1. The Morgan fingerprint density at radius 1 is 1.12 bits per heavy atom. The molecule has 0 N–H and O–H groups in total. The molecule has 4 rings (SSSR count). The van der Waals surface area contributed by atoms with Crippen LogP contribution in [-0.4, -0.2) is 23.9 Å². The molecule has 0 unspecified atom stereocenters. The van der Waals surface area contributed by atoms with Crippen molar-refractivity contribution in [3.05, 3.63) is 70.4 Å². The van der Waals surface area contributed by atoms with E-state index in [1.54, 1.807) is 23.5 Å². The minimum Gasteiger partial charge on any atom is -0.339 e. The minimum absolute atomic E-state index is 0.119. The molecule has 3 aromatic rings. The van der Waals surface area contributed by atoms with Crippen LogP contribution in [0, 0.1) is 12.7 Å². The zero-order valence-corrected chi connectivity index (χ0v) is 15.0. The van der Waals surface area contributed by atoms with Gasteiger partial charge in [0.05, 0.1) is 0 Å². The quantitative estimate of drug-likeness (QED) is 0.606. The van der Waals surface area contributed by atoms with Crippen LogP contribution in [0.15, 0.2) is 48.5 Å². The second-order valence-corrected chi connectivity index (χ2v) is 7.90. The fraction of sp³-hybridized carbons (Fsp3) is 0.286. The number of hydrogen-bond acceptors (Lipinski definition) is 2. The Hall–Kier alpha value is -2.20. The summed E-state index contributed by atoms with van der Waals surface area (Å²) in [5, 5.41) is 1.18. The van der Waals surface area contributed by atoms with Crippen LogP contribution in [0.3, 0.4) is 0 Å². The topological polar surface area (TPSA) is 20.3 Å². The van der Waals surface area contributed by atoms with Crippen LogP contribution in [0.2, 0.25) is 0 Å². The molecule has 0 aliphatic carbocycles. The predicted molar refractivity (Wildman–Crippen MR) is 101 cm³/mol. The Balaban J connectivity index is 1.53. The van der Waals surface area contributed by atoms with Gasteiger partial charge in [-0.05, 0) is 60.9 Å². The van der Waals surface area contributed by atoms with E-state index >= 15 is 0 Å². The van der Waals surface area contributed by atoms with E-state index in [9.17, 15) is 9.18 Å². The van der Waals surface area contributed by atoms with E-state index in [1.165, 1.54) is 15.8 Å². The zero-order chi connectivity index (χ0) is 17.4. The highest BCUT2D eigenvalue weighted by atomic mass is 32.1. The smallest absolute Gasteiger partial charge is 0.253 e. The van der Waals surface area contributed by atoms with Crippen molar-refractivity contribution in [1.82, 2.24) is 4.90 Å². The van der Waals surface area contributed by atoms with Gasteiger partial charge in [-0.15, -0.1) is 11.3 Å². The normalized spacial score (nSPS) is 15.7. The number of thiophene rings is 1. The number of halogens is 1. The molecule has 1 saturated heterocycles. The molecule has 2 nitrogen and oxygen atoms in total. The summed E-state index contributed by atoms with van der Waals surface area (Å²) in [6.45, 7) is 3.67. The van der Waals surface area contributed by atoms with Crippen molar-refractivity contribution in [1.29, 1.82) is 0 Å². The van der Waals surface area contributed by atoms with Crippen LogP contribution < -0.4 is 0 Å². The lowest BCUT2D eigenvalue weighted by Crippen LogP contribution is -2.37.